The lowest BCUT2D eigenvalue weighted by Gasteiger charge is -2.36. The van der Waals surface area contributed by atoms with Crippen LogP contribution in [0.3, 0.4) is 0 Å². The van der Waals surface area contributed by atoms with Crippen LogP contribution >= 0.6 is 55.1 Å². The molecule has 0 saturated carbocycles. The Morgan fingerprint density at radius 1 is 1.10 bits per heavy atom. The number of piperidine rings is 1. The molecule has 8 heteroatoms. The van der Waals surface area contributed by atoms with Crippen LogP contribution in [-0.2, 0) is 10.0 Å². The van der Waals surface area contributed by atoms with Gasteiger partial charge in [-0.05, 0) is 37.8 Å². The fourth-order valence-corrected chi connectivity index (χ4v) is 7.99. The topological polar surface area (TPSA) is 37.4 Å². The van der Waals surface area contributed by atoms with Crippen LogP contribution in [0.25, 0.3) is 0 Å². The third kappa shape index (κ3) is 2.92. The SMILES string of the molecule is O=S(=O)(c1c(Cl)cc(Br)cc1Cl)N1C2CCC1CC(Br)C2. The number of hydrogen-bond acceptors (Lipinski definition) is 2. The molecule has 0 radical (unpaired) electrons. The molecule has 0 spiro atoms. The minimum Gasteiger partial charge on any atom is -0.207 e. The van der Waals surface area contributed by atoms with Gasteiger partial charge in [-0.15, -0.1) is 0 Å². The van der Waals surface area contributed by atoms with E-state index in [2.05, 4.69) is 31.9 Å². The molecule has 2 atom stereocenters. The van der Waals surface area contributed by atoms with E-state index in [0.717, 1.165) is 25.7 Å². The molecule has 0 amide bonds. The number of sulfonamides is 1. The van der Waals surface area contributed by atoms with E-state index in [1.165, 1.54) is 0 Å². The van der Waals surface area contributed by atoms with Crippen LogP contribution in [0.2, 0.25) is 10.0 Å². The highest BCUT2D eigenvalue weighted by Crippen LogP contribution is 2.44. The lowest BCUT2D eigenvalue weighted by atomic mass is 10.1. The van der Waals surface area contributed by atoms with Gasteiger partial charge in [-0.2, -0.15) is 4.31 Å². The summed E-state index contributed by atoms with van der Waals surface area (Å²) in [4.78, 5) is 0.413. The molecule has 2 heterocycles. The summed E-state index contributed by atoms with van der Waals surface area (Å²) in [6, 6.07) is 3.21. The van der Waals surface area contributed by atoms with Crippen molar-refractivity contribution in [3.8, 4) is 0 Å². The molecule has 116 valence electrons. The number of rotatable bonds is 2. The van der Waals surface area contributed by atoms with Gasteiger partial charge in [-0.25, -0.2) is 8.42 Å². The quantitative estimate of drug-likeness (QED) is 0.572. The van der Waals surface area contributed by atoms with E-state index < -0.39 is 10.0 Å². The molecule has 0 aliphatic carbocycles. The molecule has 21 heavy (non-hydrogen) atoms. The monoisotopic (exact) mass is 475 g/mol. The number of hydrogen-bond donors (Lipinski definition) is 0. The van der Waals surface area contributed by atoms with Crippen molar-refractivity contribution in [1.29, 1.82) is 0 Å². The molecule has 0 N–H and O–H groups in total. The van der Waals surface area contributed by atoms with Crippen molar-refractivity contribution in [2.45, 2.75) is 47.5 Å². The van der Waals surface area contributed by atoms with E-state index in [9.17, 15) is 8.42 Å². The van der Waals surface area contributed by atoms with Crippen LogP contribution in [0, 0.1) is 0 Å². The zero-order valence-electron chi connectivity index (χ0n) is 10.9. The van der Waals surface area contributed by atoms with Crippen molar-refractivity contribution in [1.82, 2.24) is 4.31 Å². The third-order valence-electron chi connectivity index (χ3n) is 4.11. The van der Waals surface area contributed by atoms with Crippen molar-refractivity contribution in [3.63, 3.8) is 0 Å². The molecular weight excluding hydrogens is 465 g/mol. The number of halogens is 4. The lowest BCUT2D eigenvalue weighted by Crippen LogP contribution is -2.46. The molecule has 3 nitrogen and oxygen atoms in total. The predicted molar refractivity (Wildman–Crippen MR) is 91.9 cm³/mol. The van der Waals surface area contributed by atoms with Gasteiger partial charge in [0.1, 0.15) is 4.90 Å². The number of nitrogens with zero attached hydrogens (tertiary/aromatic N) is 1. The van der Waals surface area contributed by atoms with Gasteiger partial charge in [-0.3, -0.25) is 0 Å². The summed E-state index contributed by atoms with van der Waals surface area (Å²) in [5, 5.41) is 0.324. The van der Waals surface area contributed by atoms with Crippen LogP contribution < -0.4 is 0 Å². The van der Waals surface area contributed by atoms with Gasteiger partial charge in [0, 0.05) is 21.4 Å². The molecule has 2 saturated heterocycles. The van der Waals surface area contributed by atoms with Gasteiger partial charge in [0.2, 0.25) is 10.0 Å². The summed E-state index contributed by atoms with van der Waals surface area (Å²) >= 11 is 19.2. The molecule has 2 unspecified atom stereocenters. The fourth-order valence-electron chi connectivity index (χ4n) is 3.34. The summed E-state index contributed by atoms with van der Waals surface area (Å²) in [5.74, 6) is 0. The van der Waals surface area contributed by atoms with Crippen LogP contribution in [-0.4, -0.2) is 29.6 Å². The predicted octanol–water partition coefficient (Wildman–Crippen LogP) is 4.83. The van der Waals surface area contributed by atoms with E-state index in [1.807, 2.05) is 0 Å². The smallest absolute Gasteiger partial charge is 0.207 e. The Morgan fingerprint density at radius 3 is 2.05 bits per heavy atom. The average Bonchev–Trinajstić information content (AvgIpc) is 2.61. The van der Waals surface area contributed by atoms with Gasteiger partial charge < -0.3 is 0 Å². The lowest BCUT2D eigenvalue weighted by molar-refractivity contribution is 0.255. The number of alkyl halides is 1. The molecule has 3 rings (SSSR count). The Hall–Kier alpha value is 0.670. The van der Waals surface area contributed by atoms with Crippen LogP contribution in [0.4, 0.5) is 0 Å². The Bertz CT molecular complexity index is 646. The van der Waals surface area contributed by atoms with E-state index in [-0.39, 0.29) is 27.0 Å². The maximum atomic E-state index is 13.0. The van der Waals surface area contributed by atoms with E-state index in [1.54, 1.807) is 16.4 Å². The van der Waals surface area contributed by atoms with Crippen molar-refractivity contribution in [2.75, 3.05) is 0 Å². The minimum absolute atomic E-state index is 0.0268. The van der Waals surface area contributed by atoms with Crippen LogP contribution in [0.15, 0.2) is 21.5 Å². The summed E-state index contributed by atoms with van der Waals surface area (Å²) in [5.41, 5.74) is 0. The molecule has 2 fully saturated rings. The summed E-state index contributed by atoms with van der Waals surface area (Å²) in [6.45, 7) is 0. The molecule has 0 aromatic heterocycles. The zero-order valence-corrected chi connectivity index (χ0v) is 16.4. The second-order valence-corrected chi connectivity index (χ2v) is 10.3. The van der Waals surface area contributed by atoms with Gasteiger partial charge >= 0.3 is 0 Å². The first kappa shape index (κ1) is 16.5. The molecule has 2 aliphatic heterocycles. The summed E-state index contributed by atoms with van der Waals surface area (Å²) in [7, 11) is -3.67. The van der Waals surface area contributed by atoms with Crippen molar-refractivity contribution >= 4 is 65.1 Å². The molecule has 2 bridgehead atoms. The second kappa shape index (κ2) is 5.95. The Kier molecular flexibility index (Phi) is 4.68. The number of benzene rings is 1. The van der Waals surface area contributed by atoms with Crippen LogP contribution in [0.1, 0.15) is 25.7 Å². The highest BCUT2D eigenvalue weighted by atomic mass is 79.9. The first-order valence-corrected chi connectivity index (χ1v) is 10.5. The standard InChI is InChI=1S/C13H13Br2Cl2NO2S/c14-7-3-9-1-2-10(4-7)18(9)21(19,20)13-11(16)5-8(15)6-12(13)17/h5-7,9-10H,1-4H2. The first-order valence-electron chi connectivity index (χ1n) is 6.63. The van der Waals surface area contributed by atoms with Gasteiger partial charge in [-0.1, -0.05) is 55.1 Å². The Balaban J connectivity index is 2.06. The van der Waals surface area contributed by atoms with Gasteiger partial charge in [0.05, 0.1) is 10.0 Å². The van der Waals surface area contributed by atoms with Crippen molar-refractivity contribution in [2.24, 2.45) is 0 Å². The summed E-state index contributed by atoms with van der Waals surface area (Å²) in [6.07, 6.45) is 3.47. The van der Waals surface area contributed by atoms with Gasteiger partial charge in [0.15, 0.2) is 0 Å². The normalized spacial score (nSPS) is 29.8. The molecular formula is C13H13Br2Cl2NO2S. The molecule has 2 aliphatic rings. The minimum atomic E-state index is -3.67. The van der Waals surface area contributed by atoms with Crippen LogP contribution in [0.5, 0.6) is 0 Å². The van der Waals surface area contributed by atoms with E-state index in [0.29, 0.717) is 9.30 Å². The third-order valence-corrected chi connectivity index (χ3v) is 8.24. The Labute approximate surface area is 151 Å². The molecule has 1 aromatic rings. The fraction of sp³-hybridized carbons (Fsp3) is 0.538. The largest absolute Gasteiger partial charge is 0.246 e. The number of fused-ring (bicyclic) bond motifs is 2. The van der Waals surface area contributed by atoms with E-state index >= 15 is 0 Å². The highest BCUT2D eigenvalue weighted by molar-refractivity contribution is 9.10. The Morgan fingerprint density at radius 2 is 1.57 bits per heavy atom. The second-order valence-electron chi connectivity index (χ2n) is 5.49. The molecule has 1 aromatic carbocycles. The van der Waals surface area contributed by atoms with E-state index in [4.69, 9.17) is 23.2 Å². The zero-order chi connectivity index (χ0) is 15.4. The first-order chi connectivity index (χ1) is 9.80. The average molecular weight is 478 g/mol. The van der Waals surface area contributed by atoms with Crippen molar-refractivity contribution in [3.05, 3.63) is 26.7 Å². The van der Waals surface area contributed by atoms with Gasteiger partial charge in [0.25, 0.3) is 0 Å². The van der Waals surface area contributed by atoms with Crippen molar-refractivity contribution < 1.29 is 8.42 Å². The highest BCUT2D eigenvalue weighted by Gasteiger charge is 2.47. The maximum Gasteiger partial charge on any atom is 0.246 e. The summed E-state index contributed by atoms with van der Waals surface area (Å²) < 4.78 is 28.4. The maximum absolute atomic E-state index is 13.0.